The minimum Gasteiger partial charge on any atom is -0.398 e. The van der Waals surface area contributed by atoms with E-state index in [1.165, 1.54) is 5.38 Å². The monoisotopic (exact) mass is 308 g/mol. The highest BCUT2D eigenvalue weighted by Gasteiger charge is 2.21. The predicted octanol–water partition coefficient (Wildman–Crippen LogP) is 2.55. The molecule has 0 aliphatic heterocycles. The zero-order valence-corrected chi connectivity index (χ0v) is 10.8. The summed E-state index contributed by atoms with van der Waals surface area (Å²) >= 11 is 0.796. The molecule has 0 aliphatic rings. The maximum Gasteiger partial charge on any atom is 0.271 e. The number of rotatable bonds is 3. The zero-order chi connectivity index (χ0) is 14.2. The van der Waals surface area contributed by atoms with Crippen LogP contribution >= 0.6 is 11.3 Å². The molecule has 102 valence electrons. The van der Waals surface area contributed by atoms with Gasteiger partial charge in [-0.2, -0.15) is 0 Å². The molecule has 0 amide bonds. The first kappa shape index (κ1) is 13.7. The minimum atomic E-state index is -4.16. The van der Waals surface area contributed by atoms with Crippen molar-refractivity contribution in [3.63, 3.8) is 0 Å². The molecule has 2 rings (SSSR count). The van der Waals surface area contributed by atoms with E-state index in [1.54, 1.807) is 4.72 Å². The summed E-state index contributed by atoms with van der Waals surface area (Å²) in [6.07, 6.45) is 0. The van der Waals surface area contributed by atoms with Gasteiger partial charge in [-0.25, -0.2) is 21.6 Å². The Balaban J connectivity index is 2.41. The second-order valence-corrected chi connectivity index (χ2v) is 6.37. The molecule has 1 heterocycles. The highest BCUT2D eigenvalue weighted by molar-refractivity contribution is 7.94. The average Bonchev–Trinajstić information content (AvgIpc) is 2.71. The van der Waals surface area contributed by atoms with Gasteiger partial charge in [-0.3, -0.25) is 4.72 Å². The van der Waals surface area contributed by atoms with Crippen LogP contribution in [-0.2, 0) is 10.0 Å². The number of nitrogen functional groups attached to an aromatic ring is 1. The fourth-order valence-electron chi connectivity index (χ4n) is 1.30. The molecule has 0 saturated heterocycles. The van der Waals surface area contributed by atoms with E-state index in [4.69, 9.17) is 5.73 Å². The fraction of sp³-hybridized carbons (Fsp3) is 0. The average molecular weight is 308 g/mol. The lowest BCUT2D eigenvalue weighted by Gasteiger charge is -2.08. The summed E-state index contributed by atoms with van der Waals surface area (Å²) < 4.78 is 64.5. The van der Waals surface area contributed by atoms with E-state index in [-0.39, 0.29) is 9.90 Å². The summed E-state index contributed by atoms with van der Waals surface area (Å²) in [6.45, 7) is 0. The van der Waals surface area contributed by atoms with E-state index in [1.807, 2.05) is 0 Å². The number of halogens is 3. The number of thiophene rings is 1. The standard InChI is InChI=1S/C10H7F3N2O2S2/c11-5-1-7(12)10(8(13)2-5)15-19(16,17)9-3-6(14)4-18-9/h1-4,15H,14H2. The first-order valence-corrected chi connectivity index (χ1v) is 7.17. The number of nitrogens with one attached hydrogen (secondary N) is 1. The van der Waals surface area contributed by atoms with Crippen LogP contribution in [-0.4, -0.2) is 8.42 Å². The Morgan fingerprint density at radius 2 is 1.68 bits per heavy atom. The largest absolute Gasteiger partial charge is 0.398 e. The van der Waals surface area contributed by atoms with Gasteiger partial charge in [0.1, 0.15) is 15.7 Å². The Labute approximate surface area is 110 Å². The van der Waals surface area contributed by atoms with E-state index in [9.17, 15) is 21.6 Å². The van der Waals surface area contributed by atoms with Crippen LogP contribution in [0.15, 0.2) is 27.8 Å². The van der Waals surface area contributed by atoms with Crippen LogP contribution < -0.4 is 10.5 Å². The van der Waals surface area contributed by atoms with E-state index < -0.39 is 33.2 Å². The van der Waals surface area contributed by atoms with E-state index in [0.717, 1.165) is 17.4 Å². The second-order valence-electron chi connectivity index (χ2n) is 3.55. The predicted molar refractivity (Wildman–Crippen MR) is 65.9 cm³/mol. The Hall–Kier alpha value is -1.74. The first-order valence-electron chi connectivity index (χ1n) is 4.81. The lowest BCUT2D eigenvalue weighted by atomic mass is 10.3. The fourth-order valence-corrected chi connectivity index (χ4v) is 3.45. The smallest absolute Gasteiger partial charge is 0.271 e. The number of nitrogens with two attached hydrogens (primary N) is 1. The van der Waals surface area contributed by atoms with Crippen molar-refractivity contribution in [2.24, 2.45) is 0 Å². The van der Waals surface area contributed by atoms with Crippen LogP contribution in [0.5, 0.6) is 0 Å². The molecular weight excluding hydrogens is 301 g/mol. The topological polar surface area (TPSA) is 72.2 Å². The van der Waals surface area contributed by atoms with Crippen LogP contribution in [0.2, 0.25) is 0 Å². The van der Waals surface area contributed by atoms with E-state index >= 15 is 0 Å². The third kappa shape index (κ3) is 2.82. The first-order chi connectivity index (χ1) is 8.79. The molecule has 3 N–H and O–H groups in total. The molecule has 0 unspecified atom stereocenters. The highest BCUT2D eigenvalue weighted by atomic mass is 32.2. The van der Waals surface area contributed by atoms with Crippen molar-refractivity contribution in [3.05, 3.63) is 41.0 Å². The summed E-state index contributed by atoms with van der Waals surface area (Å²) in [4.78, 5) is 0. The number of sulfonamides is 1. The molecule has 1 aromatic carbocycles. The molecule has 0 fully saturated rings. The van der Waals surface area contributed by atoms with Gasteiger partial charge in [-0.15, -0.1) is 11.3 Å². The summed E-state index contributed by atoms with van der Waals surface area (Å²) in [5.74, 6) is -3.82. The summed E-state index contributed by atoms with van der Waals surface area (Å²) in [7, 11) is -4.16. The van der Waals surface area contributed by atoms with Crippen molar-refractivity contribution < 1.29 is 21.6 Å². The van der Waals surface area contributed by atoms with Crippen LogP contribution in [0.1, 0.15) is 0 Å². The highest BCUT2D eigenvalue weighted by Crippen LogP contribution is 2.27. The molecule has 4 nitrogen and oxygen atoms in total. The molecule has 0 saturated carbocycles. The molecule has 2 aromatic rings. The van der Waals surface area contributed by atoms with Crippen LogP contribution in [0.25, 0.3) is 0 Å². The van der Waals surface area contributed by atoms with Crippen molar-refractivity contribution >= 4 is 32.7 Å². The quantitative estimate of drug-likeness (QED) is 0.915. The Kier molecular flexibility index (Phi) is 3.42. The third-order valence-corrected chi connectivity index (χ3v) is 4.91. The summed E-state index contributed by atoms with van der Waals surface area (Å²) in [6, 6.07) is 1.90. The van der Waals surface area contributed by atoms with Crippen molar-refractivity contribution in [1.29, 1.82) is 0 Å². The molecule has 19 heavy (non-hydrogen) atoms. The van der Waals surface area contributed by atoms with Gasteiger partial charge in [0.15, 0.2) is 11.6 Å². The second kappa shape index (κ2) is 4.74. The third-order valence-electron chi connectivity index (χ3n) is 2.10. The number of hydrogen-bond acceptors (Lipinski definition) is 4. The molecular formula is C10H7F3N2O2S2. The lowest BCUT2D eigenvalue weighted by molar-refractivity contribution is 0.547. The lowest BCUT2D eigenvalue weighted by Crippen LogP contribution is -2.14. The van der Waals surface area contributed by atoms with E-state index in [0.29, 0.717) is 12.1 Å². The Morgan fingerprint density at radius 3 is 2.16 bits per heavy atom. The molecule has 0 atom stereocenters. The van der Waals surface area contributed by atoms with Gasteiger partial charge >= 0.3 is 0 Å². The summed E-state index contributed by atoms with van der Waals surface area (Å²) in [5.41, 5.74) is 4.65. The van der Waals surface area contributed by atoms with Crippen LogP contribution in [0.4, 0.5) is 24.5 Å². The van der Waals surface area contributed by atoms with Crippen LogP contribution in [0, 0.1) is 17.5 Å². The van der Waals surface area contributed by atoms with Gasteiger partial charge in [0.2, 0.25) is 0 Å². The van der Waals surface area contributed by atoms with Crippen molar-refractivity contribution in [2.75, 3.05) is 10.5 Å². The maximum absolute atomic E-state index is 13.3. The maximum atomic E-state index is 13.3. The van der Waals surface area contributed by atoms with Gasteiger partial charge in [0, 0.05) is 23.2 Å². The van der Waals surface area contributed by atoms with Crippen LogP contribution in [0.3, 0.4) is 0 Å². The molecule has 0 radical (unpaired) electrons. The molecule has 0 spiro atoms. The minimum absolute atomic E-state index is 0.201. The van der Waals surface area contributed by atoms with Gasteiger partial charge in [-0.1, -0.05) is 0 Å². The zero-order valence-electron chi connectivity index (χ0n) is 9.15. The van der Waals surface area contributed by atoms with E-state index in [2.05, 4.69) is 0 Å². The van der Waals surface area contributed by atoms with Gasteiger partial charge < -0.3 is 5.73 Å². The summed E-state index contributed by atoms with van der Waals surface area (Å²) in [5, 5.41) is 1.37. The normalized spacial score (nSPS) is 11.5. The Morgan fingerprint density at radius 1 is 1.11 bits per heavy atom. The van der Waals surface area contributed by atoms with Gasteiger partial charge in [-0.05, 0) is 6.07 Å². The molecule has 9 heteroatoms. The van der Waals surface area contributed by atoms with Gasteiger partial charge in [0.05, 0.1) is 0 Å². The molecule has 1 aromatic heterocycles. The SMILES string of the molecule is Nc1csc(S(=O)(=O)Nc2c(F)cc(F)cc2F)c1. The number of hydrogen-bond donors (Lipinski definition) is 2. The number of benzene rings is 1. The van der Waals surface area contributed by atoms with Gasteiger partial charge in [0.25, 0.3) is 10.0 Å². The van der Waals surface area contributed by atoms with Crippen molar-refractivity contribution in [1.82, 2.24) is 0 Å². The van der Waals surface area contributed by atoms with Crippen molar-refractivity contribution in [2.45, 2.75) is 4.21 Å². The number of anilines is 2. The Bertz CT molecular complexity index is 705. The molecule has 0 bridgehead atoms. The molecule has 0 aliphatic carbocycles. The van der Waals surface area contributed by atoms with Crippen molar-refractivity contribution in [3.8, 4) is 0 Å².